The van der Waals surface area contributed by atoms with Gasteiger partial charge in [-0.15, -0.1) is 0 Å². The number of amides is 1. The van der Waals surface area contributed by atoms with Crippen molar-refractivity contribution in [1.29, 1.82) is 0 Å². The lowest BCUT2D eigenvalue weighted by atomic mass is 10.0. The Morgan fingerprint density at radius 1 is 1.44 bits per heavy atom. The summed E-state index contributed by atoms with van der Waals surface area (Å²) in [5.41, 5.74) is 2.82. The molecule has 0 aliphatic carbocycles. The molecule has 0 saturated heterocycles. The van der Waals surface area contributed by atoms with Crippen LogP contribution in [0.15, 0.2) is 6.07 Å². The van der Waals surface area contributed by atoms with Crippen LogP contribution in [-0.4, -0.2) is 28.2 Å². The third-order valence-electron chi connectivity index (χ3n) is 3.63. The van der Waals surface area contributed by atoms with Crippen LogP contribution in [0.25, 0.3) is 0 Å². The fraction of sp³-hybridized carbons (Fsp3) is 0.643. The van der Waals surface area contributed by atoms with Crippen LogP contribution in [0.4, 0.5) is 0 Å². The summed E-state index contributed by atoms with van der Waals surface area (Å²) >= 11 is 0. The molecule has 0 saturated carbocycles. The highest BCUT2D eigenvalue weighted by molar-refractivity contribution is 5.95. The smallest absolute Gasteiger partial charge is 0.253 e. The second kappa shape index (κ2) is 6.05. The minimum atomic E-state index is -0.0596. The molecule has 1 heterocycles. The predicted octanol–water partition coefficient (Wildman–Crippen LogP) is 1.87. The van der Waals surface area contributed by atoms with Crippen LogP contribution in [0.3, 0.4) is 0 Å². The Morgan fingerprint density at radius 3 is 2.50 bits per heavy atom. The fourth-order valence-corrected chi connectivity index (χ4v) is 2.10. The zero-order valence-electron chi connectivity index (χ0n) is 11.9. The average molecular weight is 252 g/mol. The standard InChI is InChI=1S/C14H24N2O2/c1-6-16-10(3)7-13(12(16)5)14(18)15-11(4)9(2)8-17/h7,9,11,17H,6,8H2,1-5H3,(H,15,18). The van der Waals surface area contributed by atoms with E-state index < -0.39 is 0 Å². The summed E-state index contributed by atoms with van der Waals surface area (Å²) in [5, 5.41) is 12.0. The Balaban J connectivity index is 2.85. The Kier molecular flexibility index (Phi) is 4.96. The highest BCUT2D eigenvalue weighted by Gasteiger charge is 2.19. The summed E-state index contributed by atoms with van der Waals surface area (Å²) < 4.78 is 2.12. The third kappa shape index (κ3) is 2.93. The van der Waals surface area contributed by atoms with Crippen LogP contribution >= 0.6 is 0 Å². The normalized spacial score (nSPS) is 14.3. The molecule has 0 bridgehead atoms. The first-order chi connectivity index (χ1) is 8.42. The van der Waals surface area contributed by atoms with E-state index in [1.54, 1.807) is 0 Å². The Bertz CT molecular complexity index is 424. The van der Waals surface area contributed by atoms with Gasteiger partial charge in [0.05, 0.1) is 5.56 Å². The molecule has 0 aromatic carbocycles. The highest BCUT2D eigenvalue weighted by atomic mass is 16.3. The number of hydrogen-bond donors (Lipinski definition) is 2. The topological polar surface area (TPSA) is 54.3 Å². The summed E-state index contributed by atoms with van der Waals surface area (Å²) in [6.45, 7) is 10.8. The molecule has 1 rings (SSSR count). The Labute approximate surface area is 109 Å². The van der Waals surface area contributed by atoms with Crippen LogP contribution < -0.4 is 5.32 Å². The number of aliphatic hydroxyl groups excluding tert-OH is 1. The summed E-state index contributed by atoms with van der Waals surface area (Å²) in [6, 6.07) is 1.89. The molecular weight excluding hydrogens is 228 g/mol. The van der Waals surface area contributed by atoms with Crippen molar-refractivity contribution in [3.05, 3.63) is 23.0 Å². The molecule has 4 nitrogen and oxygen atoms in total. The molecule has 1 aromatic heterocycles. The zero-order chi connectivity index (χ0) is 13.9. The van der Waals surface area contributed by atoms with Gasteiger partial charge in [-0.25, -0.2) is 0 Å². The van der Waals surface area contributed by atoms with Gasteiger partial charge in [0.2, 0.25) is 0 Å². The molecule has 0 aliphatic rings. The summed E-state index contributed by atoms with van der Waals surface area (Å²) in [5.74, 6) is -0.000728. The van der Waals surface area contributed by atoms with Crippen LogP contribution in [0, 0.1) is 19.8 Å². The van der Waals surface area contributed by atoms with E-state index >= 15 is 0 Å². The van der Waals surface area contributed by atoms with E-state index in [0.717, 1.165) is 23.5 Å². The quantitative estimate of drug-likeness (QED) is 0.840. The molecular formula is C14H24N2O2. The molecule has 18 heavy (non-hydrogen) atoms. The van der Waals surface area contributed by atoms with Gasteiger partial charge in [-0.1, -0.05) is 6.92 Å². The number of carbonyl (C=O) groups excluding carboxylic acids is 1. The summed E-state index contributed by atoms with van der Waals surface area (Å²) in [6.07, 6.45) is 0. The SMILES string of the molecule is CCn1c(C)cc(C(=O)NC(C)C(C)CO)c1C. The summed E-state index contributed by atoms with van der Waals surface area (Å²) in [7, 11) is 0. The molecule has 4 heteroatoms. The van der Waals surface area contributed by atoms with Crippen molar-refractivity contribution in [2.45, 2.75) is 47.2 Å². The predicted molar refractivity (Wildman–Crippen MR) is 72.8 cm³/mol. The van der Waals surface area contributed by atoms with Crippen molar-refractivity contribution in [3.8, 4) is 0 Å². The van der Waals surface area contributed by atoms with E-state index in [0.29, 0.717) is 0 Å². The molecule has 0 fully saturated rings. The largest absolute Gasteiger partial charge is 0.396 e. The minimum absolute atomic E-state index is 0.0350. The first-order valence-corrected chi connectivity index (χ1v) is 6.50. The van der Waals surface area contributed by atoms with Crippen LogP contribution in [-0.2, 0) is 6.54 Å². The van der Waals surface area contributed by atoms with Crippen molar-refractivity contribution < 1.29 is 9.90 Å². The number of aliphatic hydroxyl groups is 1. The maximum absolute atomic E-state index is 12.2. The van der Waals surface area contributed by atoms with Crippen LogP contribution in [0.2, 0.25) is 0 Å². The maximum atomic E-state index is 12.2. The highest BCUT2D eigenvalue weighted by Crippen LogP contribution is 2.15. The van der Waals surface area contributed by atoms with Crippen molar-refractivity contribution in [2.24, 2.45) is 5.92 Å². The number of nitrogens with zero attached hydrogens (tertiary/aromatic N) is 1. The Hall–Kier alpha value is -1.29. The second-order valence-corrected chi connectivity index (χ2v) is 4.95. The molecule has 0 spiro atoms. The van der Waals surface area contributed by atoms with Gasteiger partial charge in [-0.05, 0) is 39.7 Å². The zero-order valence-corrected chi connectivity index (χ0v) is 11.9. The van der Waals surface area contributed by atoms with Gasteiger partial charge in [-0.2, -0.15) is 0 Å². The van der Waals surface area contributed by atoms with E-state index in [4.69, 9.17) is 5.11 Å². The fourth-order valence-electron chi connectivity index (χ4n) is 2.10. The van der Waals surface area contributed by atoms with Gasteiger partial charge < -0.3 is 15.0 Å². The third-order valence-corrected chi connectivity index (χ3v) is 3.63. The van der Waals surface area contributed by atoms with Crippen LogP contribution in [0.5, 0.6) is 0 Å². The molecule has 1 amide bonds. The van der Waals surface area contributed by atoms with Crippen molar-refractivity contribution in [3.63, 3.8) is 0 Å². The van der Waals surface area contributed by atoms with Gasteiger partial charge in [-0.3, -0.25) is 4.79 Å². The second-order valence-electron chi connectivity index (χ2n) is 4.95. The first-order valence-electron chi connectivity index (χ1n) is 6.50. The lowest BCUT2D eigenvalue weighted by Crippen LogP contribution is -2.38. The first kappa shape index (κ1) is 14.8. The Morgan fingerprint density at radius 2 is 2.06 bits per heavy atom. The van der Waals surface area contributed by atoms with Gasteiger partial charge in [0, 0.05) is 30.6 Å². The molecule has 2 unspecified atom stereocenters. The van der Waals surface area contributed by atoms with E-state index in [1.165, 1.54) is 0 Å². The summed E-state index contributed by atoms with van der Waals surface area (Å²) in [4.78, 5) is 12.2. The van der Waals surface area contributed by atoms with E-state index in [2.05, 4.69) is 16.8 Å². The number of rotatable bonds is 5. The lowest BCUT2D eigenvalue weighted by Gasteiger charge is -2.19. The maximum Gasteiger partial charge on any atom is 0.253 e. The number of carbonyl (C=O) groups is 1. The van der Waals surface area contributed by atoms with Crippen molar-refractivity contribution in [2.75, 3.05) is 6.61 Å². The molecule has 2 atom stereocenters. The van der Waals surface area contributed by atoms with Gasteiger partial charge in [0.1, 0.15) is 0 Å². The number of nitrogens with one attached hydrogen (secondary N) is 1. The van der Waals surface area contributed by atoms with Gasteiger partial charge >= 0.3 is 0 Å². The van der Waals surface area contributed by atoms with E-state index in [9.17, 15) is 4.79 Å². The molecule has 0 radical (unpaired) electrons. The molecule has 1 aromatic rings. The monoisotopic (exact) mass is 252 g/mol. The number of aromatic nitrogens is 1. The molecule has 0 aliphatic heterocycles. The number of aryl methyl sites for hydroxylation is 1. The molecule has 102 valence electrons. The van der Waals surface area contributed by atoms with Crippen molar-refractivity contribution >= 4 is 5.91 Å². The van der Waals surface area contributed by atoms with E-state index in [-0.39, 0.29) is 24.5 Å². The minimum Gasteiger partial charge on any atom is -0.396 e. The number of hydrogen-bond acceptors (Lipinski definition) is 2. The van der Waals surface area contributed by atoms with Crippen LogP contribution in [0.1, 0.15) is 42.5 Å². The van der Waals surface area contributed by atoms with Crippen molar-refractivity contribution in [1.82, 2.24) is 9.88 Å². The van der Waals surface area contributed by atoms with Gasteiger partial charge in [0.15, 0.2) is 0 Å². The lowest BCUT2D eigenvalue weighted by molar-refractivity contribution is 0.0915. The van der Waals surface area contributed by atoms with E-state index in [1.807, 2.05) is 33.8 Å². The molecule has 2 N–H and O–H groups in total. The average Bonchev–Trinajstić information content (AvgIpc) is 2.63. The van der Waals surface area contributed by atoms with Gasteiger partial charge in [0.25, 0.3) is 5.91 Å².